The zero-order chi connectivity index (χ0) is 16.0. The number of nitrogens with zero attached hydrogens (tertiary/aromatic N) is 3. The van der Waals surface area contributed by atoms with Gasteiger partial charge in [-0.15, -0.1) is 10.2 Å². The van der Waals surface area contributed by atoms with Crippen LogP contribution in [-0.4, -0.2) is 22.6 Å². The van der Waals surface area contributed by atoms with Gasteiger partial charge in [-0.2, -0.15) is 0 Å². The largest absolute Gasteiger partial charge is 0.510 e. The second-order valence-electron chi connectivity index (χ2n) is 3.75. The highest BCUT2D eigenvalue weighted by Gasteiger charge is 2.15. The van der Waals surface area contributed by atoms with E-state index in [0.29, 0.717) is 4.47 Å². The maximum absolute atomic E-state index is 11.6. The average Bonchev–Trinajstić information content (AvgIpc) is 2.40. The van der Waals surface area contributed by atoms with Crippen molar-refractivity contribution in [2.24, 2.45) is 10.2 Å². The third-order valence-corrected chi connectivity index (χ3v) is 2.88. The molecule has 0 aliphatic carbocycles. The van der Waals surface area contributed by atoms with Gasteiger partial charge in [0.25, 0.3) is 5.69 Å². The number of aliphatic hydroxyl groups is 1. The molecule has 8 nitrogen and oxygen atoms in total. The van der Waals surface area contributed by atoms with Gasteiger partial charge in [-0.05, 0) is 35.8 Å². The van der Waals surface area contributed by atoms with Crippen molar-refractivity contribution in [3.63, 3.8) is 0 Å². The van der Waals surface area contributed by atoms with Crippen molar-refractivity contribution in [3.05, 3.63) is 44.2 Å². The quantitative estimate of drug-likeness (QED) is 0.215. The Balaban J connectivity index is 3.13. The Kier molecular flexibility index (Phi) is 5.97. The molecule has 0 aromatic heterocycles. The predicted molar refractivity (Wildman–Crippen MR) is 77.3 cm³/mol. The third kappa shape index (κ3) is 4.63. The number of azo groups is 1. The maximum atomic E-state index is 11.6. The fourth-order valence-corrected chi connectivity index (χ4v) is 1.58. The Labute approximate surface area is 128 Å². The second kappa shape index (κ2) is 7.48. The van der Waals surface area contributed by atoms with Crippen LogP contribution >= 0.6 is 15.9 Å². The van der Waals surface area contributed by atoms with E-state index >= 15 is 0 Å². The first-order valence-corrected chi connectivity index (χ1v) is 6.58. The van der Waals surface area contributed by atoms with Crippen LogP contribution in [0.5, 0.6) is 0 Å². The Morgan fingerprint density at radius 1 is 1.52 bits per heavy atom. The minimum absolute atomic E-state index is 0.117. The summed E-state index contributed by atoms with van der Waals surface area (Å²) in [5.74, 6) is -1.19. The van der Waals surface area contributed by atoms with Gasteiger partial charge in [0.1, 0.15) is 11.4 Å². The van der Waals surface area contributed by atoms with Crippen molar-refractivity contribution in [3.8, 4) is 0 Å². The van der Waals surface area contributed by atoms with E-state index in [1.54, 1.807) is 6.92 Å². The molecule has 9 heteroatoms. The Morgan fingerprint density at radius 2 is 2.19 bits per heavy atom. The molecule has 0 spiro atoms. The minimum Gasteiger partial charge on any atom is -0.510 e. The Hall–Kier alpha value is -2.29. The molecule has 0 saturated heterocycles. The second-order valence-corrected chi connectivity index (χ2v) is 4.60. The molecule has 112 valence electrons. The normalized spacial score (nSPS) is 12.1. The number of hydrogen-bond donors (Lipinski definition) is 1. The van der Waals surface area contributed by atoms with Crippen LogP contribution in [0.3, 0.4) is 0 Å². The molecular weight excluding hydrogens is 346 g/mol. The van der Waals surface area contributed by atoms with E-state index in [4.69, 9.17) is 4.74 Å². The maximum Gasteiger partial charge on any atom is 0.362 e. The molecule has 1 aromatic rings. The first-order valence-electron chi connectivity index (χ1n) is 5.79. The summed E-state index contributed by atoms with van der Waals surface area (Å²) in [7, 11) is 0. The predicted octanol–water partition coefficient (Wildman–Crippen LogP) is 3.79. The Morgan fingerprint density at radius 3 is 2.71 bits per heavy atom. The summed E-state index contributed by atoms with van der Waals surface area (Å²) in [5, 5.41) is 27.4. The van der Waals surface area contributed by atoms with Gasteiger partial charge in [-0.3, -0.25) is 10.1 Å². The van der Waals surface area contributed by atoms with Crippen molar-refractivity contribution >= 4 is 33.3 Å². The van der Waals surface area contributed by atoms with Gasteiger partial charge in [-0.25, -0.2) is 4.79 Å². The van der Waals surface area contributed by atoms with E-state index in [1.807, 2.05) is 0 Å². The molecular formula is C12H12BrN3O5. The molecule has 1 rings (SSSR count). The standard InChI is InChI=1S/C12H12BrN3O5/c1-3-21-12(18)11(7(2)17)15-14-10-6-8(16(19)20)4-5-9(10)13/h4-6,17H,3H2,1-2H3. The zero-order valence-corrected chi connectivity index (χ0v) is 12.8. The summed E-state index contributed by atoms with van der Waals surface area (Å²) in [6, 6.07) is 3.91. The van der Waals surface area contributed by atoms with Gasteiger partial charge in [0, 0.05) is 16.6 Å². The third-order valence-electron chi connectivity index (χ3n) is 2.21. The number of allylic oxidation sites excluding steroid dienone is 1. The van der Waals surface area contributed by atoms with Crippen LogP contribution in [0.15, 0.2) is 44.4 Å². The molecule has 0 radical (unpaired) electrons. The Bertz CT molecular complexity index is 623. The van der Waals surface area contributed by atoms with E-state index in [1.165, 1.54) is 25.1 Å². The van der Waals surface area contributed by atoms with Crippen LogP contribution in [0.25, 0.3) is 0 Å². The number of carbonyl (C=O) groups is 1. The van der Waals surface area contributed by atoms with E-state index < -0.39 is 10.9 Å². The minimum atomic E-state index is -0.831. The van der Waals surface area contributed by atoms with Gasteiger partial charge in [0.15, 0.2) is 0 Å². The summed E-state index contributed by atoms with van der Waals surface area (Å²) < 4.78 is 5.17. The number of halogens is 1. The number of esters is 1. The number of nitro groups is 1. The molecule has 0 heterocycles. The lowest BCUT2D eigenvalue weighted by Crippen LogP contribution is -2.07. The molecule has 0 unspecified atom stereocenters. The highest BCUT2D eigenvalue weighted by Crippen LogP contribution is 2.30. The lowest BCUT2D eigenvalue weighted by molar-refractivity contribution is -0.384. The molecule has 0 atom stereocenters. The molecule has 0 bridgehead atoms. The van der Waals surface area contributed by atoms with Crippen LogP contribution in [0.2, 0.25) is 0 Å². The first-order chi connectivity index (χ1) is 9.86. The van der Waals surface area contributed by atoms with Crippen LogP contribution in [0, 0.1) is 10.1 Å². The van der Waals surface area contributed by atoms with E-state index in [9.17, 15) is 20.0 Å². The van der Waals surface area contributed by atoms with Crippen LogP contribution in [-0.2, 0) is 9.53 Å². The molecule has 1 N–H and O–H groups in total. The molecule has 0 saturated carbocycles. The number of rotatable bonds is 5. The van der Waals surface area contributed by atoms with Gasteiger partial charge in [0.2, 0.25) is 5.70 Å². The SMILES string of the molecule is CCOC(=O)C(N=Nc1cc([N+](=O)[O-])ccc1Br)=C(C)O. The van der Waals surface area contributed by atoms with Crippen molar-refractivity contribution < 1.29 is 19.6 Å². The number of carbonyl (C=O) groups excluding carboxylic acids is 1. The number of benzene rings is 1. The van der Waals surface area contributed by atoms with Crippen LogP contribution in [0.1, 0.15) is 13.8 Å². The number of non-ortho nitro benzene ring substituents is 1. The number of hydrogen-bond acceptors (Lipinski definition) is 7. The molecule has 0 aliphatic rings. The van der Waals surface area contributed by atoms with Crippen molar-refractivity contribution in [1.29, 1.82) is 0 Å². The molecule has 0 aliphatic heterocycles. The number of nitro benzene ring substituents is 1. The summed E-state index contributed by atoms with van der Waals surface area (Å²) in [6.07, 6.45) is 0. The fraction of sp³-hybridized carbons (Fsp3) is 0.250. The fourth-order valence-electron chi connectivity index (χ4n) is 1.26. The lowest BCUT2D eigenvalue weighted by Gasteiger charge is -2.02. The number of aliphatic hydroxyl groups excluding tert-OH is 1. The molecule has 0 amide bonds. The van der Waals surface area contributed by atoms with Crippen molar-refractivity contribution in [2.45, 2.75) is 13.8 Å². The number of ether oxygens (including phenoxy) is 1. The summed E-state index contributed by atoms with van der Waals surface area (Å²) >= 11 is 3.16. The first kappa shape index (κ1) is 16.8. The zero-order valence-electron chi connectivity index (χ0n) is 11.2. The molecule has 1 aromatic carbocycles. The van der Waals surface area contributed by atoms with E-state index in [-0.39, 0.29) is 29.4 Å². The van der Waals surface area contributed by atoms with Crippen LogP contribution in [0.4, 0.5) is 11.4 Å². The van der Waals surface area contributed by atoms with Gasteiger partial charge >= 0.3 is 5.97 Å². The lowest BCUT2D eigenvalue weighted by atomic mass is 10.3. The van der Waals surface area contributed by atoms with Crippen LogP contribution < -0.4 is 0 Å². The van der Waals surface area contributed by atoms with Gasteiger partial charge in [-0.1, -0.05) is 0 Å². The molecule has 21 heavy (non-hydrogen) atoms. The topological polar surface area (TPSA) is 114 Å². The van der Waals surface area contributed by atoms with E-state index in [2.05, 4.69) is 26.2 Å². The highest BCUT2D eigenvalue weighted by atomic mass is 79.9. The smallest absolute Gasteiger partial charge is 0.362 e. The van der Waals surface area contributed by atoms with E-state index in [0.717, 1.165) is 0 Å². The summed E-state index contributed by atoms with van der Waals surface area (Å²) in [5.41, 5.74) is -0.392. The summed E-state index contributed by atoms with van der Waals surface area (Å²) in [6.45, 7) is 2.98. The summed E-state index contributed by atoms with van der Waals surface area (Å²) in [4.78, 5) is 21.7. The highest BCUT2D eigenvalue weighted by molar-refractivity contribution is 9.10. The molecule has 0 fully saturated rings. The van der Waals surface area contributed by atoms with Crippen molar-refractivity contribution in [1.82, 2.24) is 0 Å². The van der Waals surface area contributed by atoms with Gasteiger partial charge in [0.05, 0.1) is 11.5 Å². The monoisotopic (exact) mass is 357 g/mol. The van der Waals surface area contributed by atoms with Crippen molar-refractivity contribution in [2.75, 3.05) is 6.61 Å². The average molecular weight is 358 g/mol. The van der Waals surface area contributed by atoms with Gasteiger partial charge < -0.3 is 9.84 Å².